The quantitative estimate of drug-likeness (QED) is 0.770. The third kappa shape index (κ3) is 2.89. The lowest BCUT2D eigenvalue weighted by Crippen LogP contribution is -2.19. The number of nitrogens with zero attached hydrogens (tertiary/aromatic N) is 1. The van der Waals surface area contributed by atoms with Crippen LogP contribution in [0, 0.1) is 0 Å². The van der Waals surface area contributed by atoms with E-state index in [1.54, 1.807) is 18.2 Å². The molecule has 6 heteroatoms. The van der Waals surface area contributed by atoms with E-state index in [4.69, 9.17) is 9.47 Å². The van der Waals surface area contributed by atoms with Crippen molar-refractivity contribution < 1.29 is 14.3 Å². The lowest BCUT2D eigenvalue weighted by atomic mass is 10.2. The zero-order chi connectivity index (χ0) is 16.4. The van der Waals surface area contributed by atoms with Gasteiger partial charge in [-0.1, -0.05) is 0 Å². The average Bonchev–Trinajstić information content (AvgIpc) is 3.26. The van der Waals surface area contributed by atoms with Crippen molar-refractivity contribution >= 4 is 17.4 Å². The maximum atomic E-state index is 12.1. The number of ether oxygens (including phenoxy) is 2. The van der Waals surface area contributed by atoms with Gasteiger partial charge in [-0.25, -0.2) is 4.79 Å². The summed E-state index contributed by atoms with van der Waals surface area (Å²) in [5, 5.41) is 5.57. The Labute approximate surface area is 138 Å². The van der Waals surface area contributed by atoms with Crippen LogP contribution in [0.4, 0.5) is 16.2 Å². The summed E-state index contributed by atoms with van der Waals surface area (Å²) in [6, 6.07) is 16.5. The Hall–Kier alpha value is -3.41. The van der Waals surface area contributed by atoms with Gasteiger partial charge in [-0.15, -0.1) is 0 Å². The van der Waals surface area contributed by atoms with Crippen molar-refractivity contribution in [2.75, 3.05) is 17.4 Å². The molecule has 0 atom stereocenters. The number of carbonyl (C=O) groups is 1. The van der Waals surface area contributed by atoms with E-state index < -0.39 is 0 Å². The third-order valence-electron chi connectivity index (χ3n) is 3.66. The second-order valence-electron chi connectivity index (χ2n) is 5.28. The van der Waals surface area contributed by atoms with Crippen molar-refractivity contribution in [3.8, 4) is 17.2 Å². The Morgan fingerprint density at radius 2 is 1.54 bits per heavy atom. The number of hydrogen-bond acceptors (Lipinski definition) is 3. The van der Waals surface area contributed by atoms with Crippen LogP contribution in [0.1, 0.15) is 0 Å². The van der Waals surface area contributed by atoms with Gasteiger partial charge in [0.25, 0.3) is 0 Å². The highest BCUT2D eigenvalue weighted by Gasteiger charge is 2.14. The molecule has 2 N–H and O–H groups in total. The molecule has 0 saturated carbocycles. The van der Waals surface area contributed by atoms with Crippen LogP contribution in [-0.2, 0) is 0 Å². The van der Waals surface area contributed by atoms with E-state index in [9.17, 15) is 4.79 Å². The molecule has 2 heterocycles. The summed E-state index contributed by atoms with van der Waals surface area (Å²) in [4.78, 5) is 12.1. The highest BCUT2D eigenvalue weighted by molar-refractivity contribution is 6.00. The summed E-state index contributed by atoms with van der Waals surface area (Å²) in [5.74, 6) is 1.31. The van der Waals surface area contributed by atoms with Crippen LogP contribution in [0.3, 0.4) is 0 Å². The summed E-state index contributed by atoms with van der Waals surface area (Å²) >= 11 is 0. The monoisotopic (exact) mass is 321 g/mol. The number of carbonyl (C=O) groups excluding carboxylic acids is 1. The molecule has 0 aliphatic carbocycles. The van der Waals surface area contributed by atoms with Crippen LogP contribution in [-0.4, -0.2) is 17.4 Å². The minimum Gasteiger partial charge on any atom is -0.454 e. The van der Waals surface area contributed by atoms with Crippen molar-refractivity contribution in [2.24, 2.45) is 0 Å². The van der Waals surface area contributed by atoms with Gasteiger partial charge < -0.3 is 24.7 Å². The molecular weight excluding hydrogens is 306 g/mol. The predicted octanol–water partition coefficient (Wildman–Crippen LogP) is 3.85. The first kappa shape index (κ1) is 14.2. The van der Waals surface area contributed by atoms with Gasteiger partial charge in [0.2, 0.25) is 6.79 Å². The second-order valence-corrected chi connectivity index (χ2v) is 5.28. The zero-order valence-electron chi connectivity index (χ0n) is 12.7. The normalized spacial score (nSPS) is 12.0. The average molecular weight is 321 g/mol. The molecule has 2 aromatic carbocycles. The molecule has 120 valence electrons. The SMILES string of the molecule is O=C(Nc1ccc(-n2cccc2)cc1)Nc1ccc2c(c1)OCO2. The second kappa shape index (κ2) is 6.00. The molecule has 2 amide bonds. The largest absolute Gasteiger partial charge is 0.454 e. The fourth-order valence-corrected chi connectivity index (χ4v) is 2.49. The van der Waals surface area contributed by atoms with Gasteiger partial charge in [0.1, 0.15) is 0 Å². The van der Waals surface area contributed by atoms with E-state index in [2.05, 4.69) is 10.6 Å². The van der Waals surface area contributed by atoms with E-state index in [-0.39, 0.29) is 12.8 Å². The Balaban J connectivity index is 1.41. The Bertz CT molecular complexity index is 858. The van der Waals surface area contributed by atoms with Crippen LogP contribution in [0.5, 0.6) is 11.5 Å². The smallest absolute Gasteiger partial charge is 0.323 e. The molecule has 24 heavy (non-hydrogen) atoms. The zero-order valence-corrected chi connectivity index (χ0v) is 12.7. The van der Waals surface area contributed by atoms with E-state index in [1.165, 1.54) is 0 Å². The van der Waals surface area contributed by atoms with Gasteiger partial charge in [0.05, 0.1) is 0 Å². The Kier molecular flexibility index (Phi) is 3.55. The Morgan fingerprint density at radius 1 is 0.875 bits per heavy atom. The molecule has 1 aliphatic heterocycles. The van der Waals surface area contributed by atoms with Crippen molar-refractivity contribution in [1.29, 1.82) is 0 Å². The lowest BCUT2D eigenvalue weighted by Gasteiger charge is -2.09. The first-order valence-corrected chi connectivity index (χ1v) is 7.49. The molecule has 6 nitrogen and oxygen atoms in total. The van der Waals surface area contributed by atoms with Crippen molar-refractivity contribution in [1.82, 2.24) is 4.57 Å². The summed E-state index contributed by atoms with van der Waals surface area (Å²) in [6.07, 6.45) is 3.93. The van der Waals surface area contributed by atoms with Crippen molar-refractivity contribution in [2.45, 2.75) is 0 Å². The summed E-state index contributed by atoms with van der Waals surface area (Å²) < 4.78 is 12.5. The van der Waals surface area contributed by atoms with Crippen LogP contribution in [0.2, 0.25) is 0 Å². The van der Waals surface area contributed by atoms with Crippen LogP contribution < -0.4 is 20.1 Å². The van der Waals surface area contributed by atoms with Crippen LogP contribution in [0.25, 0.3) is 5.69 Å². The number of amides is 2. The Morgan fingerprint density at radius 3 is 2.33 bits per heavy atom. The highest BCUT2D eigenvalue weighted by atomic mass is 16.7. The van der Waals surface area contributed by atoms with Gasteiger partial charge in [-0.3, -0.25) is 0 Å². The van der Waals surface area contributed by atoms with Gasteiger partial charge in [-0.05, 0) is 48.5 Å². The number of nitrogens with one attached hydrogen (secondary N) is 2. The van der Waals surface area contributed by atoms with Crippen LogP contribution >= 0.6 is 0 Å². The van der Waals surface area contributed by atoms with Gasteiger partial charge >= 0.3 is 6.03 Å². The van der Waals surface area contributed by atoms with E-state index >= 15 is 0 Å². The number of anilines is 2. The maximum absolute atomic E-state index is 12.1. The molecule has 4 rings (SSSR count). The molecule has 0 saturated heterocycles. The first-order valence-electron chi connectivity index (χ1n) is 7.49. The highest BCUT2D eigenvalue weighted by Crippen LogP contribution is 2.34. The van der Waals surface area contributed by atoms with Gasteiger partial charge in [0.15, 0.2) is 11.5 Å². The first-order chi connectivity index (χ1) is 11.8. The van der Waals surface area contributed by atoms with Crippen molar-refractivity contribution in [3.05, 3.63) is 67.0 Å². The summed E-state index contributed by atoms with van der Waals surface area (Å²) in [5.41, 5.74) is 2.38. The standard InChI is InChI=1S/C18H15N3O3/c22-18(20-14-5-8-16-17(11-14)24-12-23-16)19-13-3-6-15(7-4-13)21-9-1-2-10-21/h1-11H,12H2,(H2,19,20,22). The topological polar surface area (TPSA) is 64.5 Å². The summed E-state index contributed by atoms with van der Waals surface area (Å²) in [7, 11) is 0. The molecule has 3 aromatic rings. The number of urea groups is 1. The molecule has 0 radical (unpaired) electrons. The predicted molar refractivity (Wildman–Crippen MR) is 91.0 cm³/mol. The number of rotatable bonds is 3. The fourth-order valence-electron chi connectivity index (χ4n) is 2.49. The van der Waals surface area contributed by atoms with E-state index in [0.717, 1.165) is 5.69 Å². The molecule has 0 unspecified atom stereocenters. The molecule has 0 fully saturated rings. The number of hydrogen-bond donors (Lipinski definition) is 2. The minimum absolute atomic E-state index is 0.207. The number of benzene rings is 2. The van der Waals surface area contributed by atoms with Gasteiger partial charge in [0, 0.05) is 35.5 Å². The third-order valence-corrected chi connectivity index (χ3v) is 3.66. The molecule has 1 aliphatic rings. The lowest BCUT2D eigenvalue weighted by molar-refractivity contribution is 0.174. The number of aromatic nitrogens is 1. The molecule has 0 bridgehead atoms. The molecular formula is C18H15N3O3. The molecule has 1 aromatic heterocycles. The maximum Gasteiger partial charge on any atom is 0.323 e. The molecule has 0 spiro atoms. The number of fused-ring (bicyclic) bond motifs is 1. The van der Waals surface area contributed by atoms with Crippen molar-refractivity contribution in [3.63, 3.8) is 0 Å². The van der Waals surface area contributed by atoms with E-state index in [0.29, 0.717) is 22.9 Å². The van der Waals surface area contributed by atoms with Crippen LogP contribution in [0.15, 0.2) is 67.0 Å². The van der Waals surface area contributed by atoms with Gasteiger partial charge in [-0.2, -0.15) is 0 Å². The minimum atomic E-state index is -0.317. The van der Waals surface area contributed by atoms with E-state index in [1.807, 2.05) is 53.4 Å². The summed E-state index contributed by atoms with van der Waals surface area (Å²) in [6.45, 7) is 0.207. The fraction of sp³-hybridized carbons (Fsp3) is 0.0556.